The van der Waals surface area contributed by atoms with Gasteiger partial charge in [0.05, 0.1) is 10.7 Å². The van der Waals surface area contributed by atoms with Crippen LogP contribution in [0.1, 0.15) is 48.0 Å². The first-order chi connectivity index (χ1) is 6.68. The summed E-state index contributed by atoms with van der Waals surface area (Å²) in [7, 11) is 0. The summed E-state index contributed by atoms with van der Waals surface area (Å²) >= 11 is 4.64. The van der Waals surface area contributed by atoms with Crippen molar-refractivity contribution < 1.29 is 0 Å². The number of thiocarbonyl (C=S) groups is 1. The van der Waals surface area contributed by atoms with Gasteiger partial charge in [0.1, 0.15) is 0 Å². The Labute approximate surface area is 98.1 Å². The number of hydrogen-bond acceptors (Lipinski definition) is 4. The van der Waals surface area contributed by atoms with Crippen molar-refractivity contribution >= 4 is 17.4 Å². The van der Waals surface area contributed by atoms with E-state index in [4.69, 9.17) is 0 Å². The van der Waals surface area contributed by atoms with Crippen LogP contribution in [0.5, 0.6) is 0 Å². The highest BCUT2D eigenvalue weighted by Gasteiger charge is 2.24. The lowest BCUT2D eigenvalue weighted by molar-refractivity contribution is 0.354. The number of nitrogens with zero attached hydrogens (tertiary/aromatic N) is 3. The van der Waals surface area contributed by atoms with E-state index in [9.17, 15) is 0 Å². The highest BCUT2D eigenvalue weighted by molar-refractivity contribution is 7.78. The van der Waals surface area contributed by atoms with Crippen LogP contribution in [0.3, 0.4) is 0 Å². The van der Waals surface area contributed by atoms with Crippen LogP contribution in [-0.2, 0) is 0 Å². The van der Waals surface area contributed by atoms with E-state index in [1.807, 2.05) is 27.7 Å². The number of azo groups is 1. The van der Waals surface area contributed by atoms with Crippen LogP contribution in [-0.4, -0.2) is 16.4 Å². The van der Waals surface area contributed by atoms with Gasteiger partial charge in [-0.05, 0) is 52.3 Å². The van der Waals surface area contributed by atoms with Crippen LogP contribution in [0.2, 0.25) is 0 Å². The molecule has 0 saturated heterocycles. The van der Waals surface area contributed by atoms with E-state index in [1.165, 1.54) is 0 Å². The highest BCUT2D eigenvalue weighted by Crippen LogP contribution is 2.24. The largest absolute Gasteiger partial charge is 0.200 e. The molecule has 0 rings (SSSR count). The predicted octanol–water partition coefficient (Wildman–Crippen LogP) is 4.10. The van der Waals surface area contributed by atoms with Gasteiger partial charge in [-0.3, -0.25) is 0 Å². The zero-order valence-electron chi connectivity index (χ0n) is 10.5. The van der Waals surface area contributed by atoms with Crippen molar-refractivity contribution in [1.82, 2.24) is 0 Å². The van der Waals surface area contributed by atoms with Gasteiger partial charge in [0, 0.05) is 0 Å². The zero-order valence-corrected chi connectivity index (χ0v) is 11.4. The van der Waals surface area contributed by atoms with E-state index in [0.29, 0.717) is 5.92 Å². The number of hydrogen-bond donors (Lipinski definition) is 0. The van der Waals surface area contributed by atoms with Crippen molar-refractivity contribution in [2.75, 3.05) is 0 Å². The SMILES string of the molecule is CC(C)CC(C)(N=C=S)/N=N/C(C)(C)C. The van der Waals surface area contributed by atoms with E-state index < -0.39 is 5.66 Å². The van der Waals surface area contributed by atoms with Crippen LogP contribution in [0.15, 0.2) is 15.2 Å². The van der Waals surface area contributed by atoms with E-state index in [2.05, 4.69) is 46.4 Å². The number of isothiocyanates is 1. The fourth-order valence-electron chi connectivity index (χ4n) is 1.24. The maximum absolute atomic E-state index is 4.64. The summed E-state index contributed by atoms with van der Waals surface area (Å²) in [6, 6.07) is 0. The molecule has 0 saturated carbocycles. The molecule has 0 radical (unpaired) electrons. The Kier molecular flexibility index (Phi) is 5.26. The monoisotopic (exact) mass is 227 g/mol. The summed E-state index contributed by atoms with van der Waals surface area (Å²) in [5, 5.41) is 10.9. The topological polar surface area (TPSA) is 37.1 Å². The summed E-state index contributed by atoms with van der Waals surface area (Å²) in [5.41, 5.74) is -0.724. The van der Waals surface area contributed by atoms with Crippen LogP contribution < -0.4 is 0 Å². The first kappa shape index (κ1) is 14.4. The van der Waals surface area contributed by atoms with E-state index in [0.717, 1.165) is 6.42 Å². The second kappa shape index (κ2) is 5.47. The Morgan fingerprint density at radius 3 is 2.00 bits per heavy atom. The molecule has 0 fully saturated rings. The molecule has 86 valence electrons. The zero-order chi connectivity index (χ0) is 12.1. The van der Waals surface area contributed by atoms with Gasteiger partial charge in [0.2, 0.25) is 0 Å². The first-order valence-electron chi connectivity index (χ1n) is 5.22. The molecule has 0 aromatic rings. The van der Waals surface area contributed by atoms with Gasteiger partial charge >= 0.3 is 0 Å². The molecule has 0 aromatic carbocycles. The maximum Gasteiger partial charge on any atom is 0.177 e. The average molecular weight is 227 g/mol. The first-order valence-corrected chi connectivity index (χ1v) is 5.62. The molecule has 0 aliphatic rings. The van der Waals surface area contributed by atoms with Crippen molar-refractivity contribution in [2.45, 2.75) is 59.2 Å². The van der Waals surface area contributed by atoms with Crippen LogP contribution in [0.4, 0.5) is 0 Å². The smallest absolute Gasteiger partial charge is 0.177 e. The summed E-state index contributed by atoms with van der Waals surface area (Å²) < 4.78 is 0. The van der Waals surface area contributed by atoms with Crippen LogP contribution in [0, 0.1) is 5.92 Å². The van der Waals surface area contributed by atoms with Crippen molar-refractivity contribution in [3.8, 4) is 0 Å². The molecule has 0 N–H and O–H groups in total. The second-order valence-corrected chi connectivity index (χ2v) is 5.57. The summed E-state index contributed by atoms with van der Waals surface area (Å²) in [5.74, 6) is 0.501. The molecule has 1 atom stereocenters. The molecule has 4 heteroatoms. The molecular weight excluding hydrogens is 206 g/mol. The molecular formula is C11H21N3S. The predicted molar refractivity (Wildman–Crippen MR) is 67.5 cm³/mol. The normalized spacial score (nSPS) is 16.5. The molecule has 0 spiro atoms. The molecule has 0 aliphatic carbocycles. The molecule has 0 aliphatic heterocycles. The molecule has 3 nitrogen and oxygen atoms in total. The number of rotatable bonds is 4. The van der Waals surface area contributed by atoms with Gasteiger partial charge in [-0.1, -0.05) is 13.8 Å². The van der Waals surface area contributed by atoms with Gasteiger partial charge in [-0.25, -0.2) is 4.99 Å². The van der Waals surface area contributed by atoms with Gasteiger partial charge in [-0.2, -0.15) is 10.2 Å². The van der Waals surface area contributed by atoms with Gasteiger partial charge in [-0.15, -0.1) is 0 Å². The molecule has 1 unspecified atom stereocenters. The Morgan fingerprint density at radius 1 is 1.13 bits per heavy atom. The molecule has 15 heavy (non-hydrogen) atoms. The van der Waals surface area contributed by atoms with Crippen molar-refractivity contribution in [3.63, 3.8) is 0 Å². The fraction of sp³-hybridized carbons (Fsp3) is 0.909. The van der Waals surface area contributed by atoms with Crippen molar-refractivity contribution in [2.24, 2.45) is 21.1 Å². The molecule has 0 aromatic heterocycles. The van der Waals surface area contributed by atoms with E-state index in [1.54, 1.807) is 0 Å². The minimum atomic E-state index is -0.552. The summed E-state index contributed by atoms with van der Waals surface area (Å²) in [6.45, 7) is 12.2. The lowest BCUT2D eigenvalue weighted by Gasteiger charge is -2.21. The lowest BCUT2D eigenvalue weighted by atomic mass is 10.0. The van der Waals surface area contributed by atoms with Crippen molar-refractivity contribution in [1.29, 1.82) is 0 Å². The fourth-order valence-corrected chi connectivity index (χ4v) is 1.43. The molecule has 0 amide bonds. The standard InChI is InChI=1S/C11H21N3S/c1-9(2)7-11(6,12-8-15)14-13-10(3,4)5/h9H,7H2,1-6H3/b14-13+. The quantitative estimate of drug-likeness (QED) is 0.404. The van der Waals surface area contributed by atoms with E-state index in [-0.39, 0.29) is 5.54 Å². The minimum absolute atomic E-state index is 0.171. The highest BCUT2D eigenvalue weighted by atomic mass is 32.1. The Bertz CT molecular complexity index is 272. The van der Waals surface area contributed by atoms with Crippen molar-refractivity contribution in [3.05, 3.63) is 0 Å². The Morgan fingerprint density at radius 2 is 1.67 bits per heavy atom. The van der Waals surface area contributed by atoms with E-state index >= 15 is 0 Å². The van der Waals surface area contributed by atoms with Gasteiger partial charge in [0.15, 0.2) is 5.66 Å². The molecule has 0 heterocycles. The Balaban J connectivity index is 4.81. The third-order valence-electron chi connectivity index (χ3n) is 1.65. The van der Waals surface area contributed by atoms with Crippen LogP contribution >= 0.6 is 12.2 Å². The second-order valence-electron chi connectivity index (χ2n) is 5.39. The third-order valence-corrected chi connectivity index (χ3v) is 1.74. The number of aliphatic imine (C=N–C) groups is 1. The van der Waals surface area contributed by atoms with Crippen LogP contribution in [0.25, 0.3) is 0 Å². The Hall–Kier alpha value is -0.600. The lowest BCUT2D eigenvalue weighted by Crippen LogP contribution is -2.22. The summed E-state index contributed by atoms with van der Waals surface area (Å²) in [6.07, 6.45) is 0.830. The van der Waals surface area contributed by atoms with Gasteiger partial charge in [0.25, 0.3) is 0 Å². The average Bonchev–Trinajstić information content (AvgIpc) is 1.99. The third kappa shape index (κ3) is 7.34. The molecule has 0 bridgehead atoms. The summed E-state index contributed by atoms with van der Waals surface area (Å²) in [4.78, 5) is 4.10. The van der Waals surface area contributed by atoms with Gasteiger partial charge < -0.3 is 0 Å². The minimum Gasteiger partial charge on any atom is -0.200 e. The maximum atomic E-state index is 4.64.